The van der Waals surface area contributed by atoms with Crippen molar-refractivity contribution < 1.29 is 13.2 Å². The second-order valence-electron chi connectivity index (χ2n) is 3.20. The van der Waals surface area contributed by atoms with Crippen LogP contribution in [-0.4, -0.2) is 49.2 Å². The van der Waals surface area contributed by atoms with E-state index in [2.05, 4.69) is 15.9 Å². The van der Waals surface area contributed by atoms with E-state index in [1.165, 1.54) is 4.90 Å². The number of rotatable bonds is 2. The Kier molecular flexibility index (Phi) is 3.34. The van der Waals surface area contributed by atoms with Gasteiger partial charge in [0.05, 0.1) is 16.8 Å². The predicted octanol–water partition coefficient (Wildman–Crippen LogP) is 0.0268. The van der Waals surface area contributed by atoms with Crippen molar-refractivity contribution in [2.75, 3.05) is 23.9 Å². The smallest absolute Gasteiger partial charge is 0.233 e. The van der Waals surface area contributed by atoms with Gasteiger partial charge in [-0.3, -0.25) is 4.79 Å². The average Bonchev–Trinajstić information content (AvgIpc) is 2.43. The molecule has 1 unspecified atom stereocenters. The summed E-state index contributed by atoms with van der Waals surface area (Å²) in [6, 6.07) is -0.130. The van der Waals surface area contributed by atoms with Crippen LogP contribution in [0.25, 0.3) is 0 Å². The van der Waals surface area contributed by atoms with Crippen molar-refractivity contribution >= 4 is 31.7 Å². The summed E-state index contributed by atoms with van der Waals surface area (Å²) >= 11 is 3.05. The highest BCUT2D eigenvalue weighted by molar-refractivity contribution is 9.09. The van der Waals surface area contributed by atoms with Gasteiger partial charge in [-0.2, -0.15) is 0 Å². The van der Waals surface area contributed by atoms with Crippen molar-refractivity contribution in [1.29, 1.82) is 0 Å². The highest BCUT2D eigenvalue weighted by atomic mass is 79.9. The second-order valence-corrected chi connectivity index (χ2v) is 5.98. The molecular weight excluding hydrogens is 258 g/mol. The summed E-state index contributed by atoms with van der Waals surface area (Å²) in [5.41, 5.74) is 0. The first kappa shape index (κ1) is 11.0. The summed E-state index contributed by atoms with van der Waals surface area (Å²) in [6.45, 7) is 0. The van der Waals surface area contributed by atoms with Crippen LogP contribution in [0.4, 0.5) is 0 Å². The zero-order valence-electron chi connectivity index (χ0n) is 7.36. The van der Waals surface area contributed by atoms with Crippen molar-refractivity contribution in [2.45, 2.75) is 12.5 Å². The molecule has 4 nitrogen and oxygen atoms in total. The number of hydrogen-bond acceptors (Lipinski definition) is 3. The summed E-state index contributed by atoms with van der Waals surface area (Å²) in [5.74, 6) is 0.252. The van der Waals surface area contributed by atoms with Gasteiger partial charge in [-0.25, -0.2) is 8.42 Å². The van der Waals surface area contributed by atoms with Crippen molar-refractivity contribution in [1.82, 2.24) is 4.90 Å². The number of carbonyl (C=O) groups excluding carboxylic acids is 1. The van der Waals surface area contributed by atoms with Crippen molar-refractivity contribution in [3.05, 3.63) is 0 Å². The Morgan fingerprint density at radius 3 is 2.62 bits per heavy atom. The van der Waals surface area contributed by atoms with Crippen molar-refractivity contribution in [3.63, 3.8) is 0 Å². The van der Waals surface area contributed by atoms with Gasteiger partial charge in [-0.15, -0.1) is 0 Å². The largest absolute Gasteiger partial charge is 0.341 e. The average molecular weight is 270 g/mol. The molecular formula is C7H12BrNO3S. The van der Waals surface area contributed by atoms with Gasteiger partial charge in [0.15, 0.2) is 9.84 Å². The van der Waals surface area contributed by atoms with E-state index in [1.807, 2.05) is 0 Å². The van der Waals surface area contributed by atoms with Crippen LogP contribution in [-0.2, 0) is 14.6 Å². The number of hydrogen-bond donors (Lipinski definition) is 0. The molecule has 1 atom stereocenters. The molecule has 0 spiro atoms. The van der Waals surface area contributed by atoms with Crippen LogP contribution in [0.5, 0.6) is 0 Å². The molecule has 0 N–H and O–H groups in total. The molecule has 1 aliphatic heterocycles. The summed E-state index contributed by atoms with van der Waals surface area (Å²) in [6.07, 6.45) is 0.567. The number of nitrogens with zero attached hydrogens (tertiary/aromatic N) is 1. The van der Waals surface area contributed by atoms with Gasteiger partial charge >= 0.3 is 0 Å². The van der Waals surface area contributed by atoms with E-state index in [4.69, 9.17) is 0 Å². The molecule has 1 fully saturated rings. The minimum absolute atomic E-state index is 0.0675. The van der Waals surface area contributed by atoms with Gasteiger partial charge in [0.25, 0.3) is 0 Å². The van der Waals surface area contributed by atoms with E-state index in [-0.39, 0.29) is 28.8 Å². The Morgan fingerprint density at radius 2 is 2.23 bits per heavy atom. The summed E-state index contributed by atoms with van der Waals surface area (Å²) in [7, 11) is -1.24. The molecule has 0 aromatic rings. The first-order valence-corrected chi connectivity index (χ1v) is 6.92. The van der Waals surface area contributed by atoms with E-state index in [1.54, 1.807) is 7.05 Å². The zero-order valence-corrected chi connectivity index (χ0v) is 9.77. The normalized spacial score (nSPS) is 25.8. The number of amides is 1. The Labute approximate surface area is 86.3 Å². The van der Waals surface area contributed by atoms with Crippen LogP contribution in [0, 0.1) is 0 Å². The standard InChI is InChI=1S/C7H12BrNO3S/c1-9(7(10)4-8)6-2-3-13(11,12)5-6/h6H,2-5H2,1H3. The molecule has 1 rings (SSSR count). The van der Waals surface area contributed by atoms with Gasteiger partial charge < -0.3 is 4.90 Å². The fourth-order valence-electron chi connectivity index (χ4n) is 1.38. The van der Waals surface area contributed by atoms with Gasteiger partial charge in [0, 0.05) is 13.1 Å². The lowest BCUT2D eigenvalue weighted by Crippen LogP contribution is -2.38. The quantitative estimate of drug-likeness (QED) is 0.665. The Bertz CT molecular complexity index is 301. The van der Waals surface area contributed by atoms with Crippen LogP contribution in [0.15, 0.2) is 0 Å². The van der Waals surface area contributed by atoms with Crippen molar-refractivity contribution in [3.8, 4) is 0 Å². The number of sulfone groups is 1. The Hall–Kier alpha value is -0.100. The van der Waals surface area contributed by atoms with E-state index in [0.29, 0.717) is 6.42 Å². The molecule has 0 aromatic heterocycles. The highest BCUT2D eigenvalue weighted by Gasteiger charge is 2.32. The molecule has 1 aliphatic rings. The molecule has 0 aliphatic carbocycles. The first-order chi connectivity index (χ1) is 5.96. The van der Waals surface area contributed by atoms with E-state index in [9.17, 15) is 13.2 Å². The van der Waals surface area contributed by atoms with Gasteiger partial charge in [0.1, 0.15) is 0 Å². The molecule has 76 valence electrons. The third-order valence-electron chi connectivity index (χ3n) is 2.26. The second kappa shape index (κ2) is 3.96. The van der Waals surface area contributed by atoms with Crippen LogP contribution in [0.3, 0.4) is 0 Å². The maximum Gasteiger partial charge on any atom is 0.233 e. The fraction of sp³-hybridized carbons (Fsp3) is 0.857. The maximum absolute atomic E-state index is 11.2. The minimum Gasteiger partial charge on any atom is -0.341 e. The fourth-order valence-corrected chi connectivity index (χ4v) is 3.55. The summed E-state index contributed by atoms with van der Waals surface area (Å²) in [5, 5.41) is 0.250. The summed E-state index contributed by atoms with van der Waals surface area (Å²) in [4.78, 5) is 12.7. The van der Waals surface area contributed by atoms with Crippen LogP contribution in [0.1, 0.15) is 6.42 Å². The minimum atomic E-state index is -2.89. The lowest BCUT2D eigenvalue weighted by molar-refractivity contribution is -0.128. The SMILES string of the molecule is CN(C(=O)CBr)C1CCS(=O)(=O)C1. The van der Waals surface area contributed by atoms with Gasteiger partial charge in [-0.05, 0) is 6.42 Å². The van der Waals surface area contributed by atoms with Crippen LogP contribution in [0.2, 0.25) is 0 Å². The Balaban J connectivity index is 2.61. The van der Waals surface area contributed by atoms with Crippen LogP contribution < -0.4 is 0 Å². The topological polar surface area (TPSA) is 54.5 Å². The number of carbonyl (C=O) groups is 1. The lowest BCUT2D eigenvalue weighted by atomic mass is 10.2. The molecule has 13 heavy (non-hydrogen) atoms. The molecule has 1 heterocycles. The lowest BCUT2D eigenvalue weighted by Gasteiger charge is -2.22. The third-order valence-corrected chi connectivity index (χ3v) is 4.49. The molecule has 0 aromatic carbocycles. The van der Waals surface area contributed by atoms with Crippen molar-refractivity contribution in [2.24, 2.45) is 0 Å². The maximum atomic E-state index is 11.2. The monoisotopic (exact) mass is 269 g/mol. The third kappa shape index (κ3) is 2.67. The molecule has 0 bridgehead atoms. The van der Waals surface area contributed by atoms with Gasteiger partial charge in [-0.1, -0.05) is 15.9 Å². The van der Waals surface area contributed by atoms with E-state index >= 15 is 0 Å². The van der Waals surface area contributed by atoms with Gasteiger partial charge in [0.2, 0.25) is 5.91 Å². The highest BCUT2D eigenvalue weighted by Crippen LogP contribution is 2.16. The molecule has 1 amide bonds. The van der Waals surface area contributed by atoms with Crippen LogP contribution >= 0.6 is 15.9 Å². The van der Waals surface area contributed by atoms with E-state index in [0.717, 1.165) is 0 Å². The number of alkyl halides is 1. The Morgan fingerprint density at radius 1 is 1.62 bits per heavy atom. The zero-order chi connectivity index (χ0) is 10.1. The first-order valence-electron chi connectivity index (χ1n) is 3.98. The molecule has 0 saturated carbocycles. The molecule has 1 saturated heterocycles. The molecule has 6 heteroatoms. The number of halogens is 1. The summed E-state index contributed by atoms with van der Waals surface area (Å²) < 4.78 is 22.2. The predicted molar refractivity (Wildman–Crippen MR) is 53.6 cm³/mol. The molecule has 0 radical (unpaired) electrons. The van der Waals surface area contributed by atoms with E-state index < -0.39 is 9.84 Å².